The molecule has 0 spiro atoms. The molecule has 0 radical (unpaired) electrons. The van der Waals surface area contributed by atoms with Gasteiger partial charge in [-0.15, -0.1) is 0 Å². The zero-order valence-electron chi connectivity index (χ0n) is 72.7. The number of pyridine rings is 6. The van der Waals surface area contributed by atoms with Crippen molar-refractivity contribution in [3.63, 3.8) is 0 Å². The number of hydrogen-bond donors (Lipinski definition) is 0. The molecule has 0 saturated heterocycles. The second-order valence-corrected chi connectivity index (χ2v) is 39.9. The Kier molecular flexibility index (Phi) is 36.1. The molecule has 12 rings (SSSR count). The summed E-state index contributed by atoms with van der Waals surface area (Å²) in [6, 6.07) is 21.1. The fourth-order valence-electron chi connectivity index (χ4n) is 18.7. The van der Waals surface area contributed by atoms with Crippen LogP contribution in [0.25, 0.3) is 34.2 Å². The van der Waals surface area contributed by atoms with Gasteiger partial charge in [0.2, 0.25) is 0 Å². The van der Waals surface area contributed by atoms with Crippen LogP contribution >= 0.6 is 19.4 Å². The number of halogens is 2. The summed E-state index contributed by atoms with van der Waals surface area (Å²) in [5, 5.41) is 0. The maximum absolute atomic E-state index is 12.9. The molecule has 0 amide bonds. The van der Waals surface area contributed by atoms with Crippen LogP contribution in [0.4, 0.5) is 0 Å². The van der Waals surface area contributed by atoms with Gasteiger partial charge < -0.3 is 28.4 Å². The topological polar surface area (TPSA) is 235 Å². The van der Waals surface area contributed by atoms with Gasteiger partial charge in [-0.1, -0.05) is 163 Å². The third-order valence-electron chi connectivity index (χ3n) is 26.1. The third kappa shape index (κ3) is 27.0. The molecular weight excluding hydrogens is 1600 g/mol. The molecule has 0 unspecified atom stereocenters. The average molecular weight is 1730 g/mol. The Bertz CT molecular complexity index is 3430. The summed E-state index contributed by atoms with van der Waals surface area (Å²) in [6.45, 7) is 39.8. The monoisotopic (exact) mass is 1730 g/mol. The Labute approximate surface area is 713 Å². The number of hydrogen-bond acceptors (Lipinski definition) is 18. The van der Waals surface area contributed by atoms with E-state index in [4.69, 9.17) is 47.8 Å². The van der Waals surface area contributed by atoms with Crippen molar-refractivity contribution >= 4 is 55.2 Å². The first-order valence-corrected chi connectivity index (χ1v) is 48.1. The van der Waals surface area contributed by atoms with Crippen molar-refractivity contribution in [2.24, 2.45) is 107 Å². The van der Waals surface area contributed by atoms with Gasteiger partial charge in [-0.3, -0.25) is 29.9 Å². The van der Waals surface area contributed by atoms with Crippen LogP contribution in [0.3, 0.4) is 0 Å². The molecule has 6 saturated carbocycles. The van der Waals surface area contributed by atoms with E-state index in [-0.39, 0.29) is 87.6 Å². The van der Waals surface area contributed by atoms with Crippen LogP contribution in [0.15, 0.2) is 110 Å². The quantitative estimate of drug-likeness (QED) is 0.0370. The summed E-state index contributed by atoms with van der Waals surface area (Å²) in [7, 11) is 9.71. The molecule has 6 heterocycles. The molecular formula is C96H132Cl2N6O12Ru. The minimum absolute atomic E-state index is 0.0486. The molecule has 6 fully saturated rings. The number of esters is 6. The fourth-order valence-corrected chi connectivity index (χ4v) is 18.7. The Morgan fingerprint density at radius 3 is 0.487 bits per heavy atom. The summed E-state index contributed by atoms with van der Waals surface area (Å²) in [5.41, 5.74) is 6.44. The van der Waals surface area contributed by atoms with Gasteiger partial charge in [0.25, 0.3) is 0 Å². The van der Waals surface area contributed by atoms with Crippen molar-refractivity contribution < 1.29 is 72.3 Å². The molecule has 117 heavy (non-hydrogen) atoms. The normalized spacial score (nSPS) is 27.3. The van der Waals surface area contributed by atoms with Gasteiger partial charge >= 0.3 is 70.3 Å². The summed E-state index contributed by atoms with van der Waals surface area (Å²) >= 11 is -0.346. The Morgan fingerprint density at radius 1 is 0.256 bits per heavy atom. The van der Waals surface area contributed by atoms with E-state index in [9.17, 15) is 28.8 Å². The molecule has 0 aliphatic heterocycles. The van der Waals surface area contributed by atoms with Crippen LogP contribution in [0.5, 0.6) is 0 Å². The van der Waals surface area contributed by atoms with E-state index < -0.39 is 0 Å². The van der Waals surface area contributed by atoms with Crippen molar-refractivity contribution in [1.82, 2.24) is 29.9 Å². The van der Waals surface area contributed by atoms with E-state index in [1.807, 2.05) is 0 Å². The standard InChI is InChI=1S/3C32H44N2O4.2ClH.Ru/c3*1-19(2)25-11-7-21(5)15-29(25)37-31(35)23-9-13-27(33-17-23)28-14-10-24(18-34-28)32(36)38-30-16-22(6)8-12-26(30)20(3)4;;;/h3*9-10,13-14,17-22,25-26,29-30H,7-8,11-12,15-16H2,1-6H3;2*1H;/q;;;;;+2/p-2/t3*21-,22-,25+,26+,29-,30-;;;/m111.../s1. The van der Waals surface area contributed by atoms with E-state index >= 15 is 0 Å². The molecule has 6 aromatic heterocycles. The minimum atomic E-state index is -0.346. The zero-order valence-corrected chi connectivity index (χ0v) is 75.9. The average Bonchev–Trinajstić information content (AvgIpc) is 0.813. The Morgan fingerprint density at radius 2 is 0.385 bits per heavy atom. The molecule has 18 nitrogen and oxygen atoms in total. The van der Waals surface area contributed by atoms with Crippen molar-refractivity contribution in [3.8, 4) is 34.2 Å². The van der Waals surface area contributed by atoms with Crippen molar-refractivity contribution in [2.45, 2.75) is 277 Å². The fraction of sp³-hybridized carbons (Fsp3) is 0.625. The first-order valence-electron chi connectivity index (χ1n) is 43.7. The molecule has 21 heteroatoms. The van der Waals surface area contributed by atoms with Crippen molar-refractivity contribution in [3.05, 3.63) is 143 Å². The molecule has 640 valence electrons. The van der Waals surface area contributed by atoms with Crippen LogP contribution in [0.1, 0.15) is 302 Å². The third-order valence-corrected chi connectivity index (χ3v) is 26.1. The van der Waals surface area contributed by atoms with Gasteiger partial charge in [0.1, 0.15) is 36.6 Å². The van der Waals surface area contributed by atoms with E-state index in [1.165, 1.54) is 38.5 Å². The van der Waals surface area contributed by atoms with E-state index in [1.54, 1.807) is 110 Å². The van der Waals surface area contributed by atoms with Crippen LogP contribution in [0.2, 0.25) is 0 Å². The number of ether oxygens (including phenoxy) is 6. The second-order valence-electron chi connectivity index (χ2n) is 37.3. The number of carbonyl (C=O) groups excluding carboxylic acids is 6. The van der Waals surface area contributed by atoms with Gasteiger partial charge in [-0.05, 0) is 256 Å². The Balaban J connectivity index is 0.000000197. The first-order chi connectivity index (χ1) is 55.8. The predicted molar refractivity (Wildman–Crippen MR) is 457 cm³/mol. The van der Waals surface area contributed by atoms with E-state index in [0.717, 1.165) is 77.0 Å². The van der Waals surface area contributed by atoms with Crippen LogP contribution in [-0.4, -0.2) is 102 Å². The van der Waals surface area contributed by atoms with Crippen LogP contribution < -0.4 is 0 Å². The summed E-state index contributed by atoms with van der Waals surface area (Å²) in [6.07, 6.45) is 28.2. The van der Waals surface area contributed by atoms with Gasteiger partial charge in [-0.2, -0.15) is 0 Å². The SMILES string of the molecule is CC(C)[C@@H]1CC[C@@H](C)C[C@H]1OC(=O)c1ccc(-c2ccc(C(=O)O[C@@H]3C[C@H](C)CC[C@H]3C(C)C)cn2)nc1.CC(C)[C@@H]1CC[C@@H](C)C[C@H]1OC(=O)c1ccc(-c2ccc(C(=O)O[C@@H]3C[C@H](C)CC[C@H]3C(C)C)cn2)nc1.CC(C)[C@@H]1CC[C@@H](C)C[C@H]1OC(=O)c1ccc(-c2ccc(C(=O)O[C@@H]3C[C@H](C)CC[C@H]3C(C)C)cn2)nc1.[Cl][Ru][Cl]. The first kappa shape index (κ1) is 93.8. The second kappa shape index (κ2) is 45.0. The molecule has 6 aromatic rings. The molecule has 6 aliphatic carbocycles. The maximum atomic E-state index is 12.9. The zero-order chi connectivity index (χ0) is 84.9. The molecule has 0 aromatic carbocycles. The summed E-state index contributed by atoms with van der Waals surface area (Å²) in [4.78, 5) is 104. The van der Waals surface area contributed by atoms with Gasteiger partial charge in [0.15, 0.2) is 0 Å². The van der Waals surface area contributed by atoms with Crippen LogP contribution in [0, 0.1) is 107 Å². The number of aromatic nitrogens is 6. The molecule has 6 aliphatic rings. The summed E-state index contributed by atoms with van der Waals surface area (Å²) < 4.78 is 35.7. The van der Waals surface area contributed by atoms with Gasteiger partial charge in [-0.25, -0.2) is 28.8 Å². The predicted octanol–water partition coefficient (Wildman–Crippen LogP) is 23.5. The number of nitrogens with zero attached hydrogens (tertiary/aromatic N) is 6. The molecule has 0 bridgehead atoms. The van der Waals surface area contributed by atoms with Crippen molar-refractivity contribution in [1.29, 1.82) is 0 Å². The summed E-state index contributed by atoms with van der Waals surface area (Å²) in [5.74, 6) is 6.74. The van der Waals surface area contributed by atoms with Crippen molar-refractivity contribution in [2.75, 3.05) is 0 Å². The van der Waals surface area contributed by atoms with E-state index in [0.29, 0.717) is 174 Å². The van der Waals surface area contributed by atoms with E-state index in [2.05, 4.69) is 155 Å². The number of rotatable bonds is 21. The molecule has 0 N–H and O–H groups in total. The number of carbonyl (C=O) groups is 6. The van der Waals surface area contributed by atoms with Crippen LogP contribution in [-0.2, 0) is 43.6 Å². The Hall–Kier alpha value is -7.08. The molecule has 18 atom stereocenters. The van der Waals surface area contributed by atoms with Gasteiger partial charge in [0.05, 0.1) is 67.5 Å². The van der Waals surface area contributed by atoms with Gasteiger partial charge in [0, 0.05) is 37.2 Å².